The summed E-state index contributed by atoms with van der Waals surface area (Å²) < 4.78 is 1.90. The second-order valence-corrected chi connectivity index (χ2v) is 4.13. The Kier molecular flexibility index (Phi) is 4.69. The number of nitrogens with zero attached hydrogens (tertiary/aromatic N) is 2. The lowest BCUT2D eigenvalue weighted by Gasteiger charge is -2.07. The predicted octanol–water partition coefficient (Wildman–Crippen LogP) is 1.21. The molecule has 2 aromatic rings. The number of carbonyl (C=O) groups excluding carboxylic acids is 1. The van der Waals surface area contributed by atoms with E-state index in [4.69, 9.17) is 0 Å². The van der Waals surface area contributed by atoms with E-state index in [1.807, 2.05) is 42.0 Å². The molecule has 2 N–H and O–H groups in total. The van der Waals surface area contributed by atoms with Gasteiger partial charge in [-0.05, 0) is 30.8 Å². The van der Waals surface area contributed by atoms with Crippen molar-refractivity contribution in [2.24, 2.45) is 0 Å². The van der Waals surface area contributed by atoms with Gasteiger partial charge in [0.2, 0.25) is 0 Å². The number of imidazole rings is 1. The summed E-state index contributed by atoms with van der Waals surface area (Å²) in [5, 5.41) is 6.03. The molecule has 0 aliphatic heterocycles. The Hall–Kier alpha value is -2.14. The molecule has 0 atom stereocenters. The number of rotatable bonds is 6. The second-order valence-electron chi connectivity index (χ2n) is 4.13. The number of likely N-dealkylation sites (N-methyl/N-ethyl adjacent to an activating group) is 1. The zero-order valence-corrected chi connectivity index (χ0v) is 11.0. The number of amides is 1. The lowest BCUT2D eigenvalue weighted by Crippen LogP contribution is -2.31. The van der Waals surface area contributed by atoms with E-state index in [0.717, 1.165) is 18.8 Å². The predicted molar refractivity (Wildman–Crippen MR) is 74.4 cm³/mol. The summed E-state index contributed by atoms with van der Waals surface area (Å²) in [5.41, 5.74) is 1.65. The van der Waals surface area contributed by atoms with Crippen LogP contribution in [0.15, 0.2) is 43.0 Å². The molecular formula is C14H18N4O. The number of nitrogens with one attached hydrogen (secondary N) is 2. The summed E-state index contributed by atoms with van der Waals surface area (Å²) in [6.45, 7) is 4.37. The molecule has 0 aliphatic carbocycles. The molecule has 0 unspecified atom stereocenters. The third-order valence-corrected chi connectivity index (χ3v) is 2.77. The van der Waals surface area contributed by atoms with Gasteiger partial charge >= 0.3 is 0 Å². The molecule has 5 nitrogen and oxygen atoms in total. The highest BCUT2D eigenvalue weighted by Gasteiger charge is 2.04. The Morgan fingerprint density at radius 3 is 2.68 bits per heavy atom. The van der Waals surface area contributed by atoms with E-state index in [1.54, 1.807) is 12.5 Å². The van der Waals surface area contributed by atoms with Gasteiger partial charge in [-0.1, -0.05) is 6.92 Å². The average molecular weight is 258 g/mol. The van der Waals surface area contributed by atoms with E-state index in [9.17, 15) is 4.79 Å². The molecule has 0 saturated carbocycles. The van der Waals surface area contributed by atoms with Gasteiger partial charge in [0.05, 0.1) is 6.33 Å². The maximum Gasteiger partial charge on any atom is 0.251 e. The van der Waals surface area contributed by atoms with Gasteiger partial charge < -0.3 is 15.2 Å². The van der Waals surface area contributed by atoms with Crippen molar-refractivity contribution in [1.82, 2.24) is 20.2 Å². The molecule has 1 amide bonds. The summed E-state index contributed by atoms with van der Waals surface area (Å²) in [5.74, 6) is -0.0462. The Bertz CT molecular complexity index is 505. The van der Waals surface area contributed by atoms with Gasteiger partial charge in [-0.25, -0.2) is 4.98 Å². The molecular weight excluding hydrogens is 240 g/mol. The van der Waals surface area contributed by atoms with Gasteiger partial charge in [0, 0.05) is 36.7 Å². The third-order valence-electron chi connectivity index (χ3n) is 2.77. The second kappa shape index (κ2) is 6.70. The summed E-state index contributed by atoms with van der Waals surface area (Å²) in [4.78, 5) is 15.8. The summed E-state index contributed by atoms with van der Waals surface area (Å²) in [6.07, 6.45) is 5.32. The molecule has 0 fully saturated rings. The van der Waals surface area contributed by atoms with E-state index in [-0.39, 0.29) is 5.91 Å². The van der Waals surface area contributed by atoms with Gasteiger partial charge in [0.1, 0.15) is 0 Å². The van der Waals surface area contributed by atoms with E-state index < -0.39 is 0 Å². The lowest BCUT2D eigenvalue weighted by atomic mass is 10.2. The van der Waals surface area contributed by atoms with Crippen molar-refractivity contribution in [3.63, 3.8) is 0 Å². The van der Waals surface area contributed by atoms with Crippen LogP contribution in [0.4, 0.5) is 0 Å². The number of aromatic nitrogens is 2. The third kappa shape index (κ3) is 3.66. The molecule has 0 bridgehead atoms. The average Bonchev–Trinajstić information content (AvgIpc) is 2.98. The van der Waals surface area contributed by atoms with Crippen molar-refractivity contribution in [3.05, 3.63) is 48.5 Å². The van der Waals surface area contributed by atoms with Crippen molar-refractivity contribution in [1.29, 1.82) is 0 Å². The van der Waals surface area contributed by atoms with Gasteiger partial charge in [-0.3, -0.25) is 4.79 Å². The smallest absolute Gasteiger partial charge is 0.251 e. The van der Waals surface area contributed by atoms with Crippen LogP contribution in [0.3, 0.4) is 0 Å². The number of hydrogen-bond donors (Lipinski definition) is 2. The van der Waals surface area contributed by atoms with E-state index in [1.165, 1.54) is 0 Å². The molecule has 5 heteroatoms. The molecule has 100 valence electrons. The van der Waals surface area contributed by atoms with Crippen LogP contribution in [-0.4, -0.2) is 35.1 Å². The van der Waals surface area contributed by atoms with Crippen molar-refractivity contribution >= 4 is 5.91 Å². The van der Waals surface area contributed by atoms with Gasteiger partial charge in [0.15, 0.2) is 0 Å². The number of benzene rings is 1. The van der Waals surface area contributed by atoms with Crippen LogP contribution in [0, 0.1) is 0 Å². The van der Waals surface area contributed by atoms with Crippen LogP contribution < -0.4 is 10.6 Å². The highest BCUT2D eigenvalue weighted by molar-refractivity contribution is 5.94. The fraction of sp³-hybridized carbons (Fsp3) is 0.286. The lowest BCUT2D eigenvalue weighted by molar-refractivity contribution is 0.0954. The SMILES string of the molecule is CCNCCNC(=O)c1ccc(-n2ccnc2)cc1. The van der Waals surface area contributed by atoms with E-state index >= 15 is 0 Å². The van der Waals surface area contributed by atoms with Gasteiger partial charge in [-0.15, -0.1) is 0 Å². The van der Waals surface area contributed by atoms with Crippen molar-refractivity contribution < 1.29 is 4.79 Å². The first-order valence-corrected chi connectivity index (χ1v) is 6.38. The van der Waals surface area contributed by atoms with Crippen LogP contribution in [-0.2, 0) is 0 Å². The highest BCUT2D eigenvalue weighted by Crippen LogP contribution is 2.09. The zero-order chi connectivity index (χ0) is 13.5. The van der Waals surface area contributed by atoms with Crippen molar-refractivity contribution in [2.75, 3.05) is 19.6 Å². The first kappa shape index (κ1) is 13.3. The summed E-state index contributed by atoms with van der Waals surface area (Å²) in [6, 6.07) is 7.44. The monoisotopic (exact) mass is 258 g/mol. The first-order valence-electron chi connectivity index (χ1n) is 6.38. The maximum absolute atomic E-state index is 11.8. The maximum atomic E-state index is 11.8. The Balaban J connectivity index is 1.93. The van der Waals surface area contributed by atoms with Crippen LogP contribution in [0.5, 0.6) is 0 Å². The Labute approximate surface area is 112 Å². The van der Waals surface area contributed by atoms with Crippen LogP contribution >= 0.6 is 0 Å². The summed E-state index contributed by atoms with van der Waals surface area (Å²) >= 11 is 0. The molecule has 0 saturated heterocycles. The molecule has 0 spiro atoms. The van der Waals surface area contributed by atoms with Crippen molar-refractivity contribution in [3.8, 4) is 5.69 Å². The largest absolute Gasteiger partial charge is 0.351 e. The van der Waals surface area contributed by atoms with E-state index in [2.05, 4.69) is 15.6 Å². The molecule has 1 aromatic heterocycles. The molecule has 1 heterocycles. The standard InChI is InChI=1S/C14H18N4O/c1-2-15-7-8-17-14(19)12-3-5-13(6-4-12)18-10-9-16-11-18/h3-6,9-11,15H,2,7-8H2,1H3,(H,17,19). The molecule has 0 radical (unpaired) electrons. The Morgan fingerprint density at radius 1 is 1.26 bits per heavy atom. The van der Waals surface area contributed by atoms with Crippen molar-refractivity contribution in [2.45, 2.75) is 6.92 Å². The highest BCUT2D eigenvalue weighted by atomic mass is 16.1. The fourth-order valence-corrected chi connectivity index (χ4v) is 1.74. The minimum atomic E-state index is -0.0462. The van der Waals surface area contributed by atoms with Gasteiger partial charge in [0.25, 0.3) is 5.91 Å². The Morgan fingerprint density at radius 2 is 2.05 bits per heavy atom. The zero-order valence-electron chi connectivity index (χ0n) is 11.0. The number of hydrogen-bond acceptors (Lipinski definition) is 3. The number of carbonyl (C=O) groups is 1. The minimum Gasteiger partial charge on any atom is -0.351 e. The molecule has 0 aliphatic rings. The molecule has 2 rings (SSSR count). The quantitative estimate of drug-likeness (QED) is 0.766. The fourth-order valence-electron chi connectivity index (χ4n) is 1.74. The van der Waals surface area contributed by atoms with Crippen LogP contribution in [0.25, 0.3) is 5.69 Å². The minimum absolute atomic E-state index is 0.0462. The van der Waals surface area contributed by atoms with E-state index in [0.29, 0.717) is 12.1 Å². The first-order chi connectivity index (χ1) is 9.31. The topological polar surface area (TPSA) is 58.9 Å². The van der Waals surface area contributed by atoms with Crippen LogP contribution in [0.1, 0.15) is 17.3 Å². The molecule has 19 heavy (non-hydrogen) atoms. The van der Waals surface area contributed by atoms with Gasteiger partial charge in [-0.2, -0.15) is 0 Å². The molecule has 1 aromatic carbocycles. The summed E-state index contributed by atoms with van der Waals surface area (Å²) in [7, 11) is 0. The normalized spacial score (nSPS) is 10.4. The van der Waals surface area contributed by atoms with Crippen LogP contribution in [0.2, 0.25) is 0 Å².